The number of hydrogen-bond acceptors (Lipinski definition) is 3. The van der Waals surface area contributed by atoms with Gasteiger partial charge in [-0.3, -0.25) is 10.00 Å². The van der Waals surface area contributed by atoms with Gasteiger partial charge in [-0.25, -0.2) is 0 Å². The van der Waals surface area contributed by atoms with E-state index in [1.165, 1.54) is 29.7 Å². The van der Waals surface area contributed by atoms with E-state index >= 15 is 0 Å². The third-order valence-electron chi connectivity index (χ3n) is 5.29. The number of nitrogens with zero attached hydrogens (tertiary/aromatic N) is 3. The predicted molar refractivity (Wildman–Crippen MR) is 106 cm³/mol. The maximum absolute atomic E-state index is 4.06. The first kappa shape index (κ1) is 17.0. The van der Waals surface area contributed by atoms with Gasteiger partial charge in [0.05, 0.1) is 12.2 Å². The van der Waals surface area contributed by atoms with Gasteiger partial charge in [0.15, 0.2) is 0 Å². The van der Waals surface area contributed by atoms with Gasteiger partial charge in [-0.1, -0.05) is 54.6 Å². The standard InChI is InChI=1S/C22H26N4/c1-25-12-5-13-26(15-14-25)22(19-6-3-2-4-7-19)20-10-8-18(9-11-20)21-16-23-24-17-21/h2-4,6-11,16-17,22H,5,12-15H2,1H3,(H,23,24). The molecule has 2 heterocycles. The number of nitrogens with one attached hydrogen (secondary N) is 1. The van der Waals surface area contributed by atoms with Crippen LogP contribution in [0.3, 0.4) is 0 Å². The molecular weight excluding hydrogens is 320 g/mol. The molecule has 1 aliphatic heterocycles. The second kappa shape index (κ2) is 7.85. The van der Waals surface area contributed by atoms with E-state index in [4.69, 9.17) is 0 Å². The first-order chi connectivity index (χ1) is 12.8. The van der Waals surface area contributed by atoms with Gasteiger partial charge in [-0.2, -0.15) is 5.10 Å². The minimum absolute atomic E-state index is 0.307. The van der Waals surface area contributed by atoms with E-state index in [-0.39, 0.29) is 0 Å². The summed E-state index contributed by atoms with van der Waals surface area (Å²) in [5, 5.41) is 6.95. The molecule has 4 heteroatoms. The van der Waals surface area contributed by atoms with Crippen molar-refractivity contribution in [1.82, 2.24) is 20.0 Å². The highest BCUT2D eigenvalue weighted by Gasteiger charge is 2.24. The van der Waals surface area contributed by atoms with Crippen LogP contribution in [-0.2, 0) is 0 Å². The van der Waals surface area contributed by atoms with Crippen molar-refractivity contribution in [3.8, 4) is 11.1 Å². The summed E-state index contributed by atoms with van der Waals surface area (Å²) < 4.78 is 0. The molecule has 0 saturated carbocycles. The molecule has 1 unspecified atom stereocenters. The van der Waals surface area contributed by atoms with Crippen LogP contribution in [0.4, 0.5) is 0 Å². The zero-order chi connectivity index (χ0) is 17.8. The smallest absolute Gasteiger partial charge is 0.0602 e. The van der Waals surface area contributed by atoms with Crippen molar-refractivity contribution >= 4 is 0 Å². The Morgan fingerprint density at radius 1 is 0.846 bits per heavy atom. The fraction of sp³-hybridized carbons (Fsp3) is 0.318. The Morgan fingerprint density at radius 2 is 1.62 bits per heavy atom. The molecule has 26 heavy (non-hydrogen) atoms. The van der Waals surface area contributed by atoms with Gasteiger partial charge in [0, 0.05) is 31.4 Å². The van der Waals surface area contributed by atoms with Crippen LogP contribution in [0.25, 0.3) is 11.1 Å². The second-order valence-electron chi connectivity index (χ2n) is 7.12. The summed E-state index contributed by atoms with van der Waals surface area (Å²) in [4.78, 5) is 5.07. The lowest BCUT2D eigenvalue weighted by Crippen LogP contribution is -2.33. The monoisotopic (exact) mass is 346 g/mol. The topological polar surface area (TPSA) is 35.2 Å². The van der Waals surface area contributed by atoms with Gasteiger partial charge in [-0.15, -0.1) is 0 Å². The van der Waals surface area contributed by atoms with Crippen molar-refractivity contribution in [3.63, 3.8) is 0 Å². The van der Waals surface area contributed by atoms with E-state index < -0.39 is 0 Å². The molecule has 1 fully saturated rings. The maximum atomic E-state index is 4.06. The maximum Gasteiger partial charge on any atom is 0.0602 e. The van der Waals surface area contributed by atoms with Crippen molar-refractivity contribution in [2.45, 2.75) is 12.5 Å². The quantitative estimate of drug-likeness (QED) is 0.780. The number of H-pyrrole nitrogens is 1. The summed E-state index contributed by atoms with van der Waals surface area (Å²) in [6.45, 7) is 4.53. The summed E-state index contributed by atoms with van der Waals surface area (Å²) in [5.41, 5.74) is 5.05. The largest absolute Gasteiger partial charge is 0.305 e. The SMILES string of the molecule is CN1CCCN(C(c2ccccc2)c2ccc(-c3cn[nH]c3)cc2)CC1. The number of benzene rings is 2. The Hall–Kier alpha value is -2.43. The lowest BCUT2D eigenvalue weighted by atomic mass is 9.95. The molecule has 3 aromatic rings. The average Bonchev–Trinajstić information content (AvgIpc) is 3.14. The number of hydrogen-bond donors (Lipinski definition) is 1. The van der Waals surface area contributed by atoms with Crippen LogP contribution in [0, 0.1) is 0 Å². The second-order valence-corrected chi connectivity index (χ2v) is 7.12. The fourth-order valence-corrected chi connectivity index (χ4v) is 3.84. The number of aromatic nitrogens is 2. The van der Waals surface area contributed by atoms with Gasteiger partial charge < -0.3 is 4.90 Å². The van der Waals surface area contributed by atoms with Gasteiger partial charge in [-0.05, 0) is 36.7 Å². The van der Waals surface area contributed by atoms with Crippen LogP contribution in [-0.4, -0.2) is 53.2 Å². The first-order valence-corrected chi connectivity index (χ1v) is 9.38. The lowest BCUT2D eigenvalue weighted by molar-refractivity contribution is 0.231. The molecule has 1 N–H and O–H groups in total. The molecule has 0 spiro atoms. The molecule has 0 radical (unpaired) electrons. The van der Waals surface area contributed by atoms with E-state index in [2.05, 4.69) is 81.6 Å². The zero-order valence-corrected chi connectivity index (χ0v) is 15.3. The van der Waals surface area contributed by atoms with Gasteiger partial charge in [0.1, 0.15) is 0 Å². The van der Waals surface area contributed by atoms with Crippen molar-refractivity contribution in [3.05, 3.63) is 78.1 Å². The van der Waals surface area contributed by atoms with Crippen LogP contribution < -0.4 is 0 Å². The van der Waals surface area contributed by atoms with Gasteiger partial charge in [0.2, 0.25) is 0 Å². The zero-order valence-electron chi connectivity index (χ0n) is 15.3. The highest BCUT2D eigenvalue weighted by Crippen LogP contribution is 2.31. The average molecular weight is 346 g/mol. The van der Waals surface area contributed by atoms with Crippen molar-refractivity contribution < 1.29 is 0 Å². The third-order valence-corrected chi connectivity index (χ3v) is 5.29. The Labute approximate surface area is 155 Å². The van der Waals surface area contributed by atoms with Gasteiger partial charge in [0.25, 0.3) is 0 Å². The minimum Gasteiger partial charge on any atom is -0.305 e. The summed E-state index contributed by atoms with van der Waals surface area (Å²) in [6, 6.07) is 20.2. The van der Waals surface area contributed by atoms with Crippen LogP contribution >= 0.6 is 0 Å². The van der Waals surface area contributed by atoms with E-state index in [9.17, 15) is 0 Å². The van der Waals surface area contributed by atoms with Crippen molar-refractivity contribution in [2.24, 2.45) is 0 Å². The molecule has 1 atom stereocenters. The molecule has 0 aliphatic carbocycles. The molecule has 0 amide bonds. The number of likely N-dealkylation sites (N-methyl/N-ethyl adjacent to an activating group) is 1. The Morgan fingerprint density at radius 3 is 2.35 bits per heavy atom. The number of aromatic amines is 1. The van der Waals surface area contributed by atoms with Crippen LogP contribution in [0.15, 0.2) is 67.0 Å². The molecule has 1 saturated heterocycles. The molecule has 134 valence electrons. The van der Waals surface area contributed by atoms with E-state index in [0.717, 1.165) is 25.2 Å². The van der Waals surface area contributed by atoms with Crippen molar-refractivity contribution in [1.29, 1.82) is 0 Å². The molecule has 4 nitrogen and oxygen atoms in total. The van der Waals surface area contributed by atoms with E-state index in [0.29, 0.717) is 6.04 Å². The summed E-state index contributed by atoms with van der Waals surface area (Å²) >= 11 is 0. The summed E-state index contributed by atoms with van der Waals surface area (Å²) in [6.07, 6.45) is 5.02. The van der Waals surface area contributed by atoms with Crippen LogP contribution in [0.1, 0.15) is 23.6 Å². The van der Waals surface area contributed by atoms with E-state index in [1.807, 2.05) is 12.4 Å². The van der Waals surface area contributed by atoms with Crippen LogP contribution in [0.2, 0.25) is 0 Å². The molecule has 2 aromatic carbocycles. The highest BCUT2D eigenvalue weighted by atomic mass is 15.2. The summed E-state index contributed by atoms with van der Waals surface area (Å²) in [7, 11) is 2.22. The number of rotatable bonds is 4. The minimum atomic E-state index is 0.307. The van der Waals surface area contributed by atoms with Crippen molar-refractivity contribution in [2.75, 3.05) is 33.2 Å². The third kappa shape index (κ3) is 3.71. The summed E-state index contributed by atoms with van der Waals surface area (Å²) in [5.74, 6) is 0. The molecule has 1 aliphatic rings. The molecular formula is C22H26N4. The molecule has 1 aromatic heterocycles. The molecule has 0 bridgehead atoms. The fourth-order valence-electron chi connectivity index (χ4n) is 3.84. The lowest BCUT2D eigenvalue weighted by Gasteiger charge is -2.31. The highest BCUT2D eigenvalue weighted by molar-refractivity contribution is 5.62. The van der Waals surface area contributed by atoms with Gasteiger partial charge >= 0.3 is 0 Å². The Bertz CT molecular complexity index is 796. The molecule has 4 rings (SSSR count). The first-order valence-electron chi connectivity index (χ1n) is 9.38. The van der Waals surface area contributed by atoms with E-state index in [1.54, 1.807) is 0 Å². The van der Waals surface area contributed by atoms with Crippen LogP contribution in [0.5, 0.6) is 0 Å². The predicted octanol–water partition coefficient (Wildman–Crippen LogP) is 3.80. The Kier molecular flexibility index (Phi) is 5.14. The normalized spacial score (nSPS) is 17.7. The Balaban J connectivity index is 1.66.